The van der Waals surface area contributed by atoms with Gasteiger partial charge in [0.15, 0.2) is 10.4 Å². The van der Waals surface area contributed by atoms with E-state index in [9.17, 15) is 18.0 Å². The number of esters is 1. The number of hydrogen-bond donors (Lipinski definition) is 0. The second-order valence-corrected chi connectivity index (χ2v) is 5.58. The van der Waals surface area contributed by atoms with Crippen LogP contribution in [-0.2, 0) is 9.53 Å². The first-order valence-electron chi connectivity index (χ1n) is 5.87. The summed E-state index contributed by atoms with van der Waals surface area (Å²) in [6, 6.07) is 4.11. The predicted octanol–water partition coefficient (Wildman–Crippen LogP) is 1.73. The summed E-state index contributed by atoms with van der Waals surface area (Å²) < 4.78 is 42.3. The van der Waals surface area contributed by atoms with Gasteiger partial charge in [-0.1, -0.05) is 34.1 Å². The first kappa shape index (κ1) is 15.0. The van der Waals surface area contributed by atoms with Gasteiger partial charge < -0.3 is 4.74 Å². The highest BCUT2D eigenvalue weighted by Gasteiger charge is 2.57. The Kier molecular flexibility index (Phi) is 3.90. The summed E-state index contributed by atoms with van der Waals surface area (Å²) in [5.41, 5.74) is 0. The smallest absolute Gasteiger partial charge is 0.413 e. The van der Waals surface area contributed by atoms with Gasteiger partial charge in [-0.3, -0.25) is 9.79 Å². The van der Waals surface area contributed by atoms with E-state index in [0.717, 1.165) is 0 Å². The van der Waals surface area contributed by atoms with Crippen LogP contribution in [0.1, 0.15) is 6.92 Å². The molecular weight excluding hydrogens is 339 g/mol. The third-order valence-electron chi connectivity index (χ3n) is 2.87. The average molecular weight is 350 g/mol. The van der Waals surface area contributed by atoms with Gasteiger partial charge in [0.05, 0.1) is 12.0 Å². The van der Waals surface area contributed by atoms with Crippen LogP contribution >= 0.6 is 15.9 Å². The molecule has 2 rings (SSSR count). The molecule has 3 nitrogen and oxygen atoms in total. The van der Waals surface area contributed by atoms with Gasteiger partial charge in [-0.2, -0.15) is 13.2 Å². The van der Waals surface area contributed by atoms with Crippen molar-refractivity contribution in [2.45, 2.75) is 23.5 Å². The number of carbonyl (C=O) groups excluding carboxylic acids is 1. The van der Waals surface area contributed by atoms with E-state index in [1.165, 1.54) is 19.1 Å². The molecule has 0 aromatic heterocycles. The van der Waals surface area contributed by atoms with Crippen molar-refractivity contribution in [2.75, 3.05) is 6.61 Å². The summed E-state index contributed by atoms with van der Waals surface area (Å²) in [6.07, 6.45) is -3.45. The molecule has 0 saturated heterocycles. The molecule has 108 valence electrons. The van der Waals surface area contributed by atoms with Crippen molar-refractivity contribution in [1.29, 1.82) is 0 Å². The number of carbonyl (C=O) groups is 1. The van der Waals surface area contributed by atoms with Gasteiger partial charge in [0, 0.05) is 0 Å². The Morgan fingerprint density at radius 3 is 2.70 bits per heavy atom. The van der Waals surface area contributed by atoms with Crippen molar-refractivity contribution in [3.63, 3.8) is 0 Å². The van der Waals surface area contributed by atoms with E-state index < -0.39 is 22.5 Å². The van der Waals surface area contributed by atoms with Gasteiger partial charge in [0.25, 0.3) is 0 Å². The minimum absolute atomic E-state index is 0.00769. The Labute approximate surface area is 121 Å². The van der Waals surface area contributed by atoms with Crippen LogP contribution in [0.4, 0.5) is 13.2 Å². The number of alkyl halides is 4. The summed E-state index contributed by atoms with van der Waals surface area (Å²) in [6.45, 7) is 1.52. The Hall–Kier alpha value is -1.37. The van der Waals surface area contributed by atoms with Crippen molar-refractivity contribution in [3.8, 4) is 0 Å². The van der Waals surface area contributed by atoms with Gasteiger partial charge in [-0.05, 0) is 24.3 Å². The van der Waals surface area contributed by atoms with Gasteiger partial charge in [0.1, 0.15) is 0 Å². The van der Waals surface area contributed by atoms with Crippen LogP contribution in [0.25, 0.3) is 6.08 Å². The van der Waals surface area contributed by atoms with E-state index in [0.29, 0.717) is 5.22 Å². The molecule has 7 heteroatoms. The van der Waals surface area contributed by atoms with Gasteiger partial charge in [-0.25, -0.2) is 0 Å². The largest absolute Gasteiger partial charge is 0.465 e. The van der Waals surface area contributed by atoms with E-state index in [2.05, 4.69) is 20.9 Å². The first-order valence-corrected chi connectivity index (χ1v) is 6.67. The molecule has 0 amide bonds. The molecule has 1 heterocycles. The SMILES string of the molecule is CCOC(=O)C1(Br)C=c2ccccc2=NC1C(F)(F)F. The minimum Gasteiger partial charge on any atom is -0.465 e. The molecule has 2 unspecified atom stereocenters. The Morgan fingerprint density at radius 2 is 2.10 bits per heavy atom. The zero-order valence-electron chi connectivity index (χ0n) is 10.4. The number of hydrogen-bond acceptors (Lipinski definition) is 3. The van der Waals surface area contributed by atoms with Crippen molar-refractivity contribution in [2.24, 2.45) is 4.99 Å². The summed E-state index contributed by atoms with van der Waals surface area (Å²) in [4.78, 5) is 15.6. The number of rotatable bonds is 2. The molecule has 1 aromatic rings. The summed E-state index contributed by atoms with van der Waals surface area (Å²) in [5.74, 6) is -0.999. The molecule has 1 aliphatic rings. The van der Waals surface area contributed by atoms with Gasteiger partial charge >= 0.3 is 12.1 Å². The monoisotopic (exact) mass is 349 g/mol. The highest BCUT2D eigenvalue weighted by Crippen LogP contribution is 2.39. The lowest BCUT2D eigenvalue weighted by atomic mass is 9.95. The van der Waals surface area contributed by atoms with Crippen LogP contribution < -0.4 is 10.6 Å². The molecule has 0 aliphatic carbocycles. The van der Waals surface area contributed by atoms with Crippen LogP contribution in [0.5, 0.6) is 0 Å². The Morgan fingerprint density at radius 1 is 1.45 bits per heavy atom. The van der Waals surface area contributed by atoms with E-state index in [4.69, 9.17) is 4.74 Å². The molecule has 20 heavy (non-hydrogen) atoms. The van der Waals surface area contributed by atoms with Crippen LogP contribution in [0.3, 0.4) is 0 Å². The van der Waals surface area contributed by atoms with Crippen molar-refractivity contribution in [1.82, 2.24) is 0 Å². The van der Waals surface area contributed by atoms with Crippen LogP contribution in [0, 0.1) is 0 Å². The fraction of sp³-hybridized carbons (Fsp3) is 0.385. The zero-order valence-corrected chi connectivity index (χ0v) is 12.0. The molecule has 1 aromatic carbocycles. The minimum atomic E-state index is -4.67. The van der Waals surface area contributed by atoms with Crippen molar-refractivity contribution >= 4 is 28.0 Å². The molecule has 1 aliphatic heterocycles. The van der Waals surface area contributed by atoms with E-state index in [1.807, 2.05) is 0 Å². The topological polar surface area (TPSA) is 38.7 Å². The molecule has 0 N–H and O–H groups in total. The van der Waals surface area contributed by atoms with Gasteiger partial charge in [-0.15, -0.1) is 0 Å². The van der Waals surface area contributed by atoms with E-state index in [1.54, 1.807) is 18.2 Å². The molecule has 0 radical (unpaired) electrons. The molecule has 0 spiro atoms. The lowest BCUT2D eigenvalue weighted by Gasteiger charge is -2.31. The third kappa shape index (κ3) is 2.59. The van der Waals surface area contributed by atoms with E-state index >= 15 is 0 Å². The molecular formula is C13H11BrF3NO2. The second-order valence-electron chi connectivity index (χ2n) is 4.26. The molecule has 2 atom stereocenters. The fourth-order valence-corrected chi connectivity index (χ4v) is 2.71. The number of halogens is 4. The molecule has 0 fully saturated rings. The number of fused-ring (bicyclic) bond motifs is 1. The van der Waals surface area contributed by atoms with Crippen LogP contribution in [-0.4, -0.2) is 29.1 Å². The molecule has 0 saturated carbocycles. The normalized spacial score (nSPS) is 25.1. The summed E-state index contributed by atoms with van der Waals surface area (Å²) >= 11 is 2.89. The maximum Gasteiger partial charge on any atom is 0.413 e. The third-order valence-corrected chi connectivity index (χ3v) is 3.85. The Balaban J connectivity index is 2.65. The number of benzene rings is 1. The quantitative estimate of drug-likeness (QED) is 0.602. The lowest BCUT2D eigenvalue weighted by Crippen LogP contribution is -2.55. The summed E-state index contributed by atoms with van der Waals surface area (Å²) in [5, 5.41) is 0.659. The van der Waals surface area contributed by atoms with Crippen molar-refractivity contribution < 1.29 is 22.7 Å². The Bertz CT molecular complexity index is 644. The van der Waals surface area contributed by atoms with Crippen LogP contribution in [0.2, 0.25) is 0 Å². The summed E-state index contributed by atoms with van der Waals surface area (Å²) in [7, 11) is 0. The number of nitrogens with zero attached hydrogens (tertiary/aromatic N) is 1. The maximum atomic E-state index is 13.2. The lowest BCUT2D eigenvalue weighted by molar-refractivity contribution is -0.166. The van der Waals surface area contributed by atoms with Gasteiger partial charge in [0.2, 0.25) is 0 Å². The molecule has 0 bridgehead atoms. The van der Waals surface area contributed by atoms with E-state index in [-0.39, 0.29) is 12.0 Å². The number of ether oxygens (including phenoxy) is 1. The van der Waals surface area contributed by atoms with Crippen molar-refractivity contribution in [3.05, 3.63) is 34.8 Å². The van der Waals surface area contributed by atoms with Crippen LogP contribution in [0.15, 0.2) is 29.3 Å². The number of para-hydroxylation sites is 1. The predicted molar refractivity (Wildman–Crippen MR) is 69.8 cm³/mol. The maximum absolute atomic E-state index is 13.2. The first-order chi connectivity index (χ1) is 9.29. The highest BCUT2D eigenvalue weighted by atomic mass is 79.9. The standard InChI is InChI=1S/C13H11BrF3NO2/c1-2-20-11(19)12(14)7-8-5-3-4-6-9(8)18-10(12)13(15,16)17/h3-7,10H,2H2,1H3. The zero-order chi connectivity index (χ0) is 15.0. The highest BCUT2D eigenvalue weighted by molar-refractivity contribution is 9.10. The fourth-order valence-electron chi connectivity index (χ4n) is 1.99. The average Bonchev–Trinajstić information content (AvgIpc) is 2.37. The second kappa shape index (κ2) is 5.20.